The van der Waals surface area contributed by atoms with Crippen LogP contribution in [0.1, 0.15) is 18.2 Å². The number of hydrogen-bond acceptors (Lipinski definition) is 2. The predicted octanol–water partition coefficient (Wildman–Crippen LogP) is 2.68. The number of aromatic nitrogens is 1. The molecular weight excluding hydrogens is 281 g/mol. The summed E-state index contributed by atoms with van der Waals surface area (Å²) in [6, 6.07) is 4.44. The standard InChI is InChI=1S/C15H17F3N2O/c1-9-4-11-12-5-10(16)2-3-13(12)19-14(11)6-20(9)7-15(17,18)8-21/h2-3,5,9,19,21H,4,6-8H2,1H3/t9-/m1/s1. The highest BCUT2D eigenvalue weighted by Crippen LogP contribution is 2.31. The quantitative estimate of drug-likeness (QED) is 0.914. The summed E-state index contributed by atoms with van der Waals surface area (Å²) in [6.07, 6.45) is 0.584. The van der Waals surface area contributed by atoms with Crippen molar-refractivity contribution in [1.29, 1.82) is 0 Å². The van der Waals surface area contributed by atoms with Crippen LogP contribution in [0.15, 0.2) is 18.2 Å². The smallest absolute Gasteiger partial charge is 0.283 e. The summed E-state index contributed by atoms with van der Waals surface area (Å²) in [5.74, 6) is -3.41. The van der Waals surface area contributed by atoms with Gasteiger partial charge in [0, 0.05) is 29.2 Å². The number of fused-ring (bicyclic) bond motifs is 3. The van der Waals surface area contributed by atoms with Crippen LogP contribution in [0.5, 0.6) is 0 Å². The molecule has 3 nitrogen and oxygen atoms in total. The number of aliphatic hydroxyl groups excluding tert-OH is 1. The maximum absolute atomic E-state index is 13.4. The number of hydrogen-bond donors (Lipinski definition) is 2. The molecule has 21 heavy (non-hydrogen) atoms. The van der Waals surface area contributed by atoms with Gasteiger partial charge in [0.15, 0.2) is 0 Å². The van der Waals surface area contributed by atoms with Crippen LogP contribution in [0, 0.1) is 5.82 Å². The molecule has 0 saturated carbocycles. The van der Waals surface area contributed by atoms with E-state index >= 15 is 0 Å². The third kappa shape index (κ3) is 2.65. The third-order valence-corrected chi connectivity index (χ3v) is 4.11. The van der Waals surface area contributed by atoms with Crippen LogP contribution in [0.2, 0.25) is 0 Å². The highest BCUT2D eigenvalue weighted by Gasteiger charge is 2.35. The van der Waals surface area contributed by atoms with E-state index in [1.165, 1.54) is 12.1 Å². The van der Waals surface area contributed by atoms with Gasteiger partial charge in [-0.2, -0.15) is 0 Å². The molecule has 3 rings (SSSR count). The van der Waals surface area contributed by atoms with Gasteiger partial charge in [-0.15, -0.1) is 0 Å². The first-order valence-electron chi connectivity index (χ1n) is 6.91. The van der Waals surface area contributed by atoms with Crippen molar-refractivity contribution in [3.05, 3.63) is 35.3 Å². The Kier molecular flexibility index (Phi) is 3.45. The number of aliphatic hydroxyl groups is 1. The van der Waals surface area contributed by atoms with Crippen molar-refractivity contribution in [3.8, 4) is 0 Å². The summed E-state index contributed by atoms with van der Waals surface area (Å²) in [4.78, 5) is 4.82. The fourth-order valence-electron chi connectivity index (χ4n) is 2.99. The molecule has 0 unspecified atom stereocenters. The lowest BCUT2D eigenvalue weighted by molar-refractivity contribution is -0.0819. The highest BCUT2D eigenvalue weighted by atomic mass is 19.3. The minimum Gasteiger partial charge on any atom is -0.390 e. The molecule has 0 radical (unpaired) electrons. The molecule has 1 aliphatic rings. The van der Waals surface area contributed by atoms with E-state index in [0.717, 1.165) is 22.2 Å². The van der Waals surface area contributed by atoms with E-state index in [9.17, 15) is 13.2 Å². The fraction of sp³-hybridized carbons (Fsp3) is 0.467. The van der Waals surface area contributed by atoms with E-state index in [2.05, 4.69) is 4.98 Å². The molecule has 0 bridgehead atoms. The molecular formula is C15H17F3N2O. The van der Waals surface area contributed by atoms with E-state index in [1.54, 1.807) is 11.0 Å². The van der Waals surface area contributed by atoms with Crippen molar-refractivity contribution in [2.75, 3.05) is 13.2 Å². The average molecular weight is 298 g/mol. The van der Waals surface area contributed by atoms with E-state index in [1.807, 2.05) is 6.92 Å². The van der Waals surface area contributed by atoms with Crippen molar-refractivity contribution in [2.45, 2.75) is 31.9 Å². The lowest BCUT2D eigenvalue weighted by Gasteiger charge is -2.35. The fourth-order valence-corrected chi connectivity index (χ4v) is 2.99. The Morgan fingerprint density at radius 3 is 2.90 bits per heavy atom. The van der Waals surface area contributed by atoms with Gasteiger partial charge in [-0.05, 0) is 37.1 Å². The molecule has 0 aliphatic carbocycles. The molecule has 0 amide bonds. The molecule has 2 N–H and O–H groups in total. The van der Waals surface area contributed by atoms with Crippen LogP contribution in [-0.2, 0) is 13.0 Å². The number of nitrogens with one attached hydrogen (secondary N) is 1. The largest absolute Gasteiger partial charge is 0.390 e. The topological polar surface area (TPSA) is 39.3 Å². The molecule has 0 spiro atoms. The van der Waals surface area contributed by atoms with E-state index in [4.69, 9.17) is 5.11 Å². The second-order valence-corrected chi connectivity index (χ2v) is 5.74. The van der Waals surface area contributed by atoms with E-state index in [0.29, 0.717) is 13.0 Å². The monoisotopic (exact) mass is 298 g/mol. The molecule has 6 heteroatoms. The van der Waals surface area contributed by atoms with Crippen LogP contribution in [-0.4, -0.2) is 40.1 Å². The number of nitrogens with zero attached hydrogens (tertiary/aromatic N) is 1. The van der Waals surface area contributed by atoms with Crippen molar-refractivity contribution in [2.24, 2.45) is 0 Å². The number of alkyl halides is 2. The minimum absolute atomic E-state index is 0.0859. The summed E-state index contributed by atoms with van der Waals surface area (Å²) < 4.78 is 40.2. The van der Waals surface area contributed by atoms with Gasteiger partial charge in [-0.3, -0.25) is 4.90 Å². The van der Waals surface area contributed by atoms with E-state index in [-0.39, 0.29) is 11.9 Å². The lowest BCUT2D eigenvalue weighted by Crippen LogP contribution is -2.46. The second-order valence-electron chi connectivity index (χ2n) is 5.74. The SMILES string of the molecule is C[C@@H]1Cc2c([nH]c3ccc(F)cc23)CN1CC(F)(F)CO. The Labute approximate surface area is 120 Å². The van der Waals surface area contributed by atoms with Gasteiger partial charge in [-0.1, -0.05) is 0 Å². The van der Waals surface area contributed by atoms with Gasteiger partial charge in [-0.25, -0.2) is 13.2 Å². The maximum Gasteiger partial charge on any atom is 0.283 e. The van der Waals surface area contributed by atoms with Crippen LogP contribution >= 0.6 is 0 Å². The Morgan fingerprint density at radius 2 is 2.19 bits per heavy atom. The Bertz CT molecular complexity index is 668. The predicted molar refractivity (Wildman–Crippen MR) is 73.9 cm³/mol. The molecule has 0 fully saturated rings. The first kappa shape index (κ1) is 14.4. The van der Waals surface area contributed by atoms with Crippen molar-refractivity contribution >= 4 is 10.9 Å². The Morgan fingerprint density at radius 1 is 1.43 bits per heavy atom. The van der Waals surface area contributed by atoms with Crippen molar-refractivity contribution in [1.82, 2.24) is 9.88 Å². The maximum atomic E-state index is 13.4. The van der Waals surface area contributed by atoms with Crippen LogP contribution in [0.4, 0.5) is 13.2 Å². The Balaban J connectivity index is 1.93. The summed E-state index contributed by atoms with van der Waals surface area (Å²) in [5.41, 5.74) is 2.67. The lowest BCUT2D eigenvalue weighted by atomic mass is 9.97. The molecule has 1 aromatic heterocycles. The molecule has 1 aliphatic heterocycles. The van der Waals surface area contributed by atoms with Crippen LogP contribution in [0.3, 0.4) is 0 Å². The molecule has 2 heterocycles. The summed E-state index contributed by atoms with van der Waals surface area (Å²) in [5, 5.41) is 9.55. The molecule has 114 valence electrons. The van der Waals surface area contributed by atoms with Crippen LogP contribution < -0.4 is 0 Å². The van der Waals surface area contributed by atoms with Gasteiger partial charge in [0.1, 0.15) is 12.4 Å². The highest BCUT2D eigenvalue weighted by molar-refractivity contribution is 5.85. The van der Waals surface area contributed by atoms with Gasteiger partial charge < -0.3 is 10.1 Å². The first-order valence-corrected chi connectivity index (χ1v) is 6.91. The van der Waals surface area contributed by atoms with Crippen molar-refractivity contribution < 1.29 is 18.3 Å². The Hall–Kier alpha value is -1.53. The average Bonchev–Trinajstić information content (AvgIpc) is 2.76. The minimum atomic E-state index is -3.11. The number of rotatable bonds is 3. The number of halogens is 3. The van der Waals surface area contributed by atoms with Gasteiger partial charge in [0.25, 0.3) is 5.92 Å². The van der Waals surface area contributed by atoms with Gasteiger partial charge in [0.05, 0.1) is 6.54 Å². The molecule has 2 aromatic rings. The third-order valence-electron chi connectivity index (χ3n) is 4.11. The first-order chi connectivity index (χ1) is 9.89. The molecule has 1 atom stereocenters. The van der Waals surface area contributed by atoms with Gasteiger partial charge in [0.2, 0.25) is 0 Å². The number of benzene rings is 1. The second kappa shape index (κ2) is 5.03. The zero-order chi connectivity index (χ0) is 15.2. The zero-order valence-electron chi connectivity index (χ0n) is 11.7. The number of H-pyrrole nitrogens is 1. The van der Waals surface area contributed by atoms with Crippen molar-refractivity contribution in [3.63, 3.8) is 0 Å². The molecule has 1 aromatic carbocycles. The van der Waals surface area contributed by atoms with Crippen LogP contribution in [0.25, 0.3) is 10.9 Å². The molecule has 0 saturated heterocycles. The summed E-state index contributed by atoms with van der Waals surface area (Å²) in [6.45, 7) is 0.589. The zero-order valence-corrected chi connectivity index (χ0v) is 11.7. The summed E-state index contributed by atoms with van der Waals surface area (Å²) in [7, 11) is 0. The van der Waals surface area contributed by atoms with E-state index < -0.39 is 19.1 Å². The van der Waals surface area contributed by atoms with Gasteiger partial charge >= 0.3 is 0 Å². The normalized spacial score (nSPS) is 20.0. The summed E-state index contributed by atoms with van der Waals surface area (Å²) >= 11 is 0. The number of aromatic amines is 1.